The van der Waals surface area contributed by atoms with E-state index >= 15 is 0 Å². The van der Waals surface area contributed by atoms with Crippen LogP contribution in [0.15, 0.2) is 28.8 Å². The van der Waals surface area contributed by atoms with Crippen molar-refractivity contribution in [3.8, 4) is 5.75 Å². The topological polar surface area (TPSA) is 51.4 Å². The Morgan fingerprint density at radius 2 is 2.33 bits per heavy atom. The number of methoxy groups -OCH3 is 1. The van der Waals surface area contributed by atoms with Gasteiger partial charge < -0.3 is 9.26 Å². The van der Waals surface area contributed by atoms with Crippen molar-refractivity contribution in [3.63, 3.8) is 0 Å². The van der Waals surface area contributed by atoms with Gasteiger partial charge in [0.1, 0.15) is 5.75 Å². The molecule has 1 aromatic carbocycles. The minimum absolute atomic E-state index is 0.400. The van der Waals surface area contributed by atoms with Crippen LogP contribution in [-0.2, 0) is 13.0 Å². The molecule has 5 nitrogen and oxygen atoms in total. The third kappa shape index (κ3) is 3.08. The standard InChI is InChI=1S/C16H21N3O2/c1-3-15-17-16(21-18-15)11-19-9-5-8-14(19)12-6-4-7-13(10-12)20-2/h4,6-7,10,14H,3,5,8-9,11H2,1-2H3. The minimum atomic E-state index is 0.400. The molecule has 0 aliphatic carbocycles. The maximum atomic E-state index is 5.33. The Morgan fingerprint density at radius 3 is 3.10 bits per heavy atom. The van der Waals surface area contributed by atoms with E-state index in [2.05, 4.69) is 27.2 Å². The summed E-state index contributed by atoms with van der Waals surface area (Å²) < 4.78 is 10.6. The first-order valence-corrected chi connectivity index (χ1v) is 7.49. The minimum Gasteiger partial charge on any atom is -0.497 e. The van der Waals surface area contributed by atoms with Gasteiger partial charge in [-0.3, -0.25) is 4.90 Å². The summed E-state index contributed by atoms with van der Waals surface area (Å²) in [5.41, 5.74) is 1.29. The molecule has 2 heterocycles. The number of ether oxygens (including phenoxy) is 1. The van der Waals surface area contributed by atoms with Crippen molar-refractivity contribution in [2.24, 2.45) is 0 Å². The third-order valence-corrected chi connectivity index (χ3v) is 4.01. The fourth-order valence-electron chi connectivity index (χ4n) is 2.91. The summed E-state index contributed by atoms with van der Waals surface area (Å²) >= 11 is 0. The highest BCUT2D eigenvalue weighted by Gasteiger charge is 2.27. The zero-order valence-electron chi connectivity index (χ0n) is 12.6. The molecule has 112 valence electrons. The van der Waals surface area contributed by atoms with Gasteiger partial charge in [0.25, 0.3) is 0 Å². The van der Waals surface area contributed by atoms with Crippen molar-refractivity contribution in [2.75, 3.05) is 13.7 Å². The van der Waals surface area contributed by atoms with Gasteiger partial charge in [-0.05, 0) is 37.1 Å². The summed E-state index contributed by atoms with van der Waals surface area (Å²) in [6.45, 7) is 3.81. The molecule has 1 atom stereocenters. The summed E-state index contributed by atoms with van der Waals surface area (Å²) in [5.74, 6) is 2.40. The van der Waals surface area contributed by atoms with Gasteiger partial charge in [0, 0.05) is 12.5 Å². The number of nitrogens with zero attached hydrogens (tertiary/aromatic N) is 3. The van der Waals surface area contributed by atoms with E-state index in [9.17, 15) is 0 Å². The lowest BCUT2D eigenvalue weighted by atomic mass is 10.0. The van der Waals surface area contributed by atoms with Gasteiger partial charge >= 0.3 is 0 Å². The number of rotatable bonds is 5. The molecule has 0 bridgehead atoms. The lowest BCUT2D eigenvalue weighted by molar-refractivity contribution is 0.212. The van der Waals surface area contributed by atoms with E-state index in [-0.39, 0.29) is 0 Å². The van der Waals surface area contributed by atoms with E-state index in [0.29, 0.717) is 11.9 Å². The van der Waals surface area contributed by atoms with Crippen LogP contribution in [0.25, 0.3) is 0 Å². The van der Waals surface area contributed by atoms with Crippen molar-refractivity contribution in [3.05, 3.63) is 41.5 Å². The van der Waals surface area contributed by atoms with Gasteiger partial charge in [0.15, 0.2) is 5.82 Å². The molecular weight excluding hydrogens is 266 g/mol. The van der Waals surface area contributed by atoms with Crippen LogP contribution < -0.4 is 4.74 Å². The van der Waals surface area contributed by atoms with Crippen molar-refractivity contribution < 1.29 is 9.26 Å². The number of benzene rings is 1. The van der Waals surface area contributed by atoms with Crippen LogP contribution in [0, 0.1) is 0 Å². The van der Waals surface area contributed by atoms with Crippen LogP contribution in [0.5, 0.6) is 5.75 Å². The molecule has 1 aliphatic heterocycles. The molecule has 3 rings (SSSR count). The quantitative estimate of drug-likeness (QED) is 0.846. The summed E-state index contributed by atoms with van der Waals surface area (Å²) in [5, 5.41) is 3.97. The first-order valence-electron chi connectivity index (χ1n) is 7.49. The second-order valence-electron chi connectivity index (χ2n) is 5.36. The van der Waals surface area contributed by atoms with Crippen molar-refractivity contribution in [1.29, 1.82) is 0 Å². The van der Waals surface area contributed by atoms with Crippen LogP contribution in [0.2, 0.25) is 0 Å². The molecule has 2 aromatic rings. The van der Waals surface area contributed by atoms with Crippen LogP contribution in [0.3, 0.4) is 0 Å². The number of aryl methyl sites for hydroxylation is 1. The molecule has 0 saturated carbocycles. The zero-order valence-corrected chi connectivity index (χ0v) is 12.6. The van der Waals surface area contributed by atoms with Crippen LogP contribution in [0.1, 0.15) is 43.1 Å². The average molecular weight is 287 g/mol. The Kier molecular flexibility index (Phi) is 4.20. The fraction of sp³-hybridized carbons (Fsp3) is 0.500. The van der Waals surface area contributed by atoms with Gasteiger partial charge in [-0.25, -0.2) is 0 Å². The predicted molar refractivity (Wildman–Crippen MR) is 79.1 cm³/mol. The molecule has 1 unspecified atom stereocenters. The Labute approximate surface area is 124 Å². The highest BCUT2D eigenvalue weighted by molar-refractivity contribution is 5.31. The highest BCUT2D eigenvalue weighted by atomic mass is 16.5. The molecule has 1 aliphatic rings. The number of aromatic nitrogens is 2. The number of hydrogen-bond acceptors (Lipinski definition) is 5. The van der Waals surface area contributed by atoms with E-state index in [1.54, 1.807) is 7.11 Å². The van der Waals surface area contributed by atoms with Crippen LogP contribution >= 0.6 is 0 Å². The average Bonchev–Trinajstić information content (AvgIpc) is 3.17. The van der Waals surface area contributed by atoms with Gasteiger partial charge in [-0.1, -0.05) is 24.2 Å². The third-order valence-electron chi connectivity index (χ3n) is 4.01. The van der Waals surface area contributed by atoms with Gasteiger partial charge in [0.05, 0.1) is 13.7 Å². The molecule has 1 fully saturated rings. The monoisotopic (exact) mass is 287 g/mol. The highest BCUT2D eigenvalue weighted by Crippen LogP contribution is 2.34. The molecule has 1 saturated heterocycles. The summed E-state index contributed by atoms with van der Waals surface area (Å²) in [7, 11) is 1.70. The maximum Gasteiger partial charge on any atom is 0.240 e. The van der Waals surface area contributed by atoms with E-state index in [0.717, 1.165) is 37.5 Å². The molecule has 0 spiro atoms. The summed E-state index contributed by atoms with van der Waals surface area (Å²) in [6, 6.07) is 8.71. The molecule has 0 radical (unpaired) electrons. The SMILES string of the molecule is CCc1noc(CN2CCCC2c2cccc(OC)c2)n1. The first kappa shape index (κ1) is 14.1. The lowest BCUT2D eigenvalue weighted by Gasteiger charge is -2.23. The van der Waals surface area contributed by atoms with Gasteiger partial charge in [0.2, 0.25) is 5.89 Å². The summed E-state index contributed by atoms with van der Waals surface area (Å²) in [4.78, 5) is 6.81. The Balaban J connectivity index is 1.75. The predicted octanol–water partition coefficient (Wildman–Crippen LogP) is 2.98. The van der Waals surface area contributed by atoms with E-state index in [4.69, 9.17) is 9.26 Å². The van der Waals surface area contributed by atoms with E-state index in [1.165, 1.54) is 12.0 Å². The van der Waals surface area contributed by atoms with E-state index < -0.39 is 0 Å². The van der Waals surface area contributed by atoms with Gasteiger partial charge in [-0.15, -0.1) is 0 Å². The maximum absolute atomic E-state index is 5.33. The smallest absolute Gasteiger partial charge is 0.240 e. The Bertz CT molecular complexity index is 597. The second-order valence-corrected chi connectivity index (χ2v) is 5.36. The lowest BCUT2D eigenvalue weighted by Crippen LogP contribution is -2.23. The van der Waals surface area contributed by atoms with Crippen molar-refractivity contribution in [1.82, 2.24) is 15.0 Å². The normalized spacial score (nSPS) is 19.0. The Morgan fingerprint density at radius 1 is 1.43 bits per heavy atom. The number of likely N-dealkylation sites (tertiary alicyclic amines) is 1. The van der Waals surface area contributed by atoms with E-state index in [1.807, 2.05) is 19.1 Å². The van der Waals surface area contributed by atoms with Crippen LogP contribution in [-0.4, -0.2) is 28.7 Å². The zero-order chi connectivity index (χ0) is 14.7. The fourth-order valence-corrected chi connectivity index (χ4v) is 2.91. The number of hydrogen-bond donors (Lipinski definition) is 0. The molecule has 5 heteroatoms. The van der Waals surface area contributed by atoms with Crippen LogP contribution in [0.4, 0.5) is 0 Å². The first-order chi connectivity index (χ1) is 10.3. The molecule has 0 amide bonds. The Hall–Kier alpha value is -1.88. The van der Waals surface area contributed by atoms with Crippen molar-refractivity contribution >= 4 is 0 Å². The summed E-state index contributed by atoms with van der Waals surface area (Å²) in [6.07, 6.45) is 3.15. The molecule has 1 aromatic heterocycles. The molecule has 0 N–H and O–H groups in total. The largest absolute Gasteiger partial charge is 0.497 e. The molecular formula is C16H21N3O2. The van der Waals surface area contributed by atoms with Gasteiger partial charge in [-0.2, -0.15) is 4.98 Å². The molecule has 21 heavy (non-hydrogen) atoms. The second kappa shape index (κ2) is 6.26. The van der Waals surface area contributed by atoms with Crippen molar-refractivity contribution in [2.45, 2.75) is 38.8 Å².